The lowest BCUT2D eigenvalue weighted by atomic mass is 9.82. The van der Waals surface area contributed by atoms with Crippen LogP contribution in [0.3, 0.4) is 0 Å². The summed E-state index contributed by atoms with van der Waals surface area (Å²) in [5.74, 6) is -1.06. The molecule has 1 aromatic carbocycles. The average molecular weight is 499 g/mol. The fourth-order valence-corrected chi connectivity index (χ4v) is 6.03. The summed E-state index contributed by atoms with van der Waals surface area (Å²) >= 11 is 1.55. The van der Waals surface area contributed by atoms with Crippen molar-refractivity contribution in [1.82, 2.24) is 10.2 Å². The van der Waals surface area contributed by atoms with E-state index in [2.05, 4.69) is 45.1 Å². The molecule has 1 aromatic heterocycles. The van der Waals surface area contributed by atoms with Crippen molar-refractivity contribution in [1.29, 1.82) is 0 Å². The number of thiophene rings is 1. The highest BCUT2D eigenvalue weighted by Gasteiger charge is 2.39. The van der Waals surface area contributed by atoms with E-state index < -0.39 is 18.1 Å². The number of carboxylic acids is 1. The number of rotatable bonds is 9. The van der Waals surface area contributed by atoms with Crippen LogP contribution in [0.15, 0.2) is 29.6 Å². The summed E-state index contributed by atoms with van der Waals surface area (Å²) < 4.78 is 0. The van der Waals surface area contributed by atoms with Crippen molar-refractivity contribution in [2.24, 2.45) is 11.3 Å². The Morgan fingerprint density at radius 1 is 1.20 bits per heavy atom. The first-order valence-corrected chi connectivity index (χ1v) is 13.2. The molecular formula is C28H38N2O4S. The molecular weight excluding hydrogens is 460 g/mol. The second-order valence-electron chi connectivity index (χ2n) is 11.0. The van der Waals surface area contributed by atoms with Crippen molar-refractivity contribution in [3.63, 3.8) is 0 Å². The number of benzene rings is 1. The van der Waals surface area contributed by atoms with Gasteiger partial charge in [0.05, 0.1) is 12.5 Å². The van der Waals surface area contributed by atoms with E-state index >= 15 is 0 Å². The minimum absolute atomic E-state index is 0.00671. The molecule has 2 N–H and O–H groups in total. The van der Waals surface area contributed by atoms with Gasteiger partial charge in [-0.05, 0) is 71.7 Å². The number of carbonyl (C=O) groups is 3. The SMILES string of the molecule is Cc1cccc(C)c1-c1cc([C@@H](CC(=O)O)NC(=O)[C@@H](CC(C)C)N2CC(C)(C)CCC2=O)cs1. The fraction of sp³-hybridized carbons (Fsp3) is 0.536. The molecule has 2 aromatic rings. The van der Waals surface area contributed by atoms with Gasteiger partial charge in [0.25, 0.3) is 0 Å². The summed E-state index contributed by atoms with van der Waals surface area (Å²) in [5.41, 5.74) is 4.17. The molecule has 6 nitrogen and oxygen atoms in total. The van der Waals surface area contributed by atoms with Crippen molar-refractivity contribution in [3.05, 3.63) is 46.3 Å². The topological polar surface area (TPSA) is 86.7 Å². The van der Waals surface area contributed by atoms with Crippen LogP contribution in [-0.2, 0) is 14.4 Å². The maximum Gasteiger partial charge on any atom is 0.305 e. The predicted octanol–water partition coefficient (Wildman–Crippen LogP) is 5.73. The van der Waals surface area contributed by atoms with Crippen LogP contribution in [0.1, 0.15) is 76.1 Å². The molecule has 1 saturated heterocycles. The molecule has 7 heteroatoms. The molecule has 3 rings (SSSR count). The van der Waals surface area contributed by atoms with Gasteiger partial charge >= 0.3 is 5.97 Å². The van der Waals surface area contributed by atoms with Gasteiger partial charge in [-0.2, -0.15) is 0 Å². The second-order valence-corrected chi connectivity index (χ2v) is 11.9. The Kier molecular flexibility index (Phi) is 8.42. The zero-order valence-electron chi connectivity index (χ0n) is 21.7. The van der Waals surface area contributed by atoms with Gasteiger partial charge in [0.1, 0.15) is 6.04 Å². The van der Waals surface area contributed by atoms with Gasteiger partial charge in [-0.25, -0.2) is 0 Å². The maximum absolute atomic E-state index is 13.6. The Labute approximate surface area is 212 Å². The third kappa shape index (κ3) is 6.72. The van der Waals surface area contributed by atoms with Crippen LogP contribution in [0.4, 0.5) is 0 Å². The fourth-order valence-electron chi connectivity index (χ4n) is 4.89. The molecule has 0 unspecified atom stereocenters. The monoisotopic (exact) mass is 498 g/mol. The molecule has 1 fully saturated rings. The van der Waals surface area contributed by atoms with E-state index in [9.17, 15) is 19.5 Å². The second kappa shape index (κ2) is 10.9. The highest BCUT2D eigenvalue weighted by Crippen LogP contribution is 2.36. The van der Waals surface area contributed by atoms with Crippen molar-refractivity contribution in [3.8, 4) is 10.4 Å². The van der Waals surface area contributed by atoms with E-state index in [0.29, 0.717) is 19.4 Å². The van der Waals surface area contributed by atoms with E-state index in [-0.39, 0.29) is 29.6 Å². The van der Waals surface area contributed by atoms with Gasteiger partial charge in [0.15, 0.2) is 0 Å². The molecule has 0 spiro atoms. The predicted molar refractivity (Wildman–Crippen MR) is 140 cm³/mol. The van der Waals surface area contributed by atoms with Crippen LogP contribution in [0.5, 0.6) is 0 Å². The number of likely N-dealkylation sites (tertiary alicyclic amines) is 1. The number of aliphatic carboxylic acids is 1. The van der Waals surface area contributed by atoms with Crippen LogP contribution < -0.4 is 5.32 Å². The molecule has 2 heterocycles. The third-order valence-electron chi connectivity index (χ3n) is 6.75. The summed E-state index contributed by atoms with van der Waals surface area (Å²) in [4.78, 5) is 40.9. The Morgan fingerprint density at radius 2 is 1.86 bits per heavy atom. The number of hydrogen-bond donors (Lipinski definition) is 2. The van der Waals surface area contributed by atoms with Crippen LogP contribution >= 0.6 is 11.3 Å². The third-order valence-corrected chi connectivity index (χ3v) is 7.72. The average Bonchev–Trinajstić information content (AvgIpc) is 3.22. The van der Waals surface area contributed by atoms with E-state index in [4.69, 9.17) is 0 Å². The van der Waals surface area contributed by atoms with Gasteiger partial charge in [-0.3, -0.25) is 14.4 Å². The molecule has 0 bridgehead atoms. The Bertz CT molecular complexity index is 1070. The summed E-state index contributed by atoms with van der Waals surface area (Å²) in [6.07, 6.45) is 1.54. The number of carbonyl (C=O) groups excluding carboxylic acids is 2. The molecule has 190 valence electrons. The number of carboxylic acid groups (broad SMARTS) is 1. The van der Waals surface area contributed by atoms with Crippen LogP contribution in [0.25, 0.3) is 10.4 Å². The number of aryl methyl sites for hydroxylation is 2. The molecule has 2 amide bonds. The first kappa shape index (κ1) is 26.9. The molecule has 0 saturated carbocycles. The van der Waals surface area contributed by atoms with Gasteiger partial charge < -0.3 is 15.3 Å². The zero-order valence-corrected chi connectivity index (χ0v) is 22.5. The summed E-state index contributed by atoms with van der Waals surface area (Å²) in [7, 11) is 0. The normalized spacial score (nSPS) is 17.3. The highest BCUT2D eigenvalue weighted by molar-refractivity contribution is 7.13. The molecule has 2 atom stereocenters. The minimum Gasteiger partial charge on any atom is -0.481 e. The number of hydrogen-bond acceptors (Lipinski definition) is 4. The largest absolute Gasteiger partial charge is 0.481 e. The number of piperidine rings is 1. The maximum atomic E-state index is 13.6. The first-order chi connectivity index (χ1) is 16.4. The van der Waals surface area contributed by atoms with Gasteiger partial charge in [0, 0.05) is 17.8 Å². The van der Waals surface area contributed by atoms with Crippen molar-refractivity contribution >= 4 is 29.1 Å². The first-order valence-electron chi connectivity index (χ1n) is 12.3. The molecule has 0 radical (unpaired) electrons. The quantitative estimate of drug-likeness (QED) is 0.462. The summed E-state index contributed by atoms with van der Waals surface area (Å²) in [6.45, 7) is 12.9. The standard InChI is InChI=1S/C28H38N2O4S/c1-17(2)12-22(30-16-28(5,6)11-10-24(30)31)27(34)29-21(14-25(32)33)20-13-23(35-15-20)26-18(3)8-7-9-19(26)4/h7-9,13,15,17,21-22H,10-12,14,16H2,1-6H3,(H,29,34)(H,32,33)/t21-,22-/m1/s1. The van der Waals surface area contributed by atoms with Gasteiger partial charge in [0.2, 0.25) is 11.8 Å². The number of nitrogens with one attached hydrogen (secondary N) is 1. The Morgan fingerprint density at radius 3 is 2.46 bits per heavy atom. The van der Waals surface area contributed by atoms with Crippen LogP contribution in [0, 0.1) is 25.2 Å². The zero-order chi connectivity index (χ0) is 25.9. The van der Waals surface area contributed by atoms with Crippen LogP contribution in [0.2, 0.25) is 0 Å². The van der Waals surface area contributed by atoms with Crippen molar-refractivity contribution in [2.45, 2.75) is 79.3 Å². The highest BCUT2D eigenvalue weighted by atomic mass is 32.1. The van der Waals surface area contributed by atoms with Crippen molar-refractivity contribution < 1.29 is 19.5 Å². The Hall–Kier alpha value is -2.67. The van der Waals surface area contributed by atoms with E-state index in [1.54, 1.807) is 16.2 Å². The van der Waals surface area contributed by atoms with Gasteiger partial charge in [-0.15, -0.1) is 11.3 Å². The van der Waals surface area contributed by atoms with E-state index in [1.165, 1.54) is 0 Å². The summed E-state index contributed by atoms with van der Waals surface area (Å²) in [6, 6.07) is 6.85. The van der Waals surface area contributed by atoms with Gasteiger partial charge in [-0.1, -0.05) is 45.9 Å². The minimum atomic E-state index is -0.981. The number of nitrogens with zero attached hydrogens (tertiary/aromatic N) is 1. The smallest absolute Gasteiger partial charge is 0.305 e. The van der Waals surface area contributed by atoms with E-state index in [1.807, 2.05) is 31.4 Å². The van der Waals surface area contributed by atoms with Crippen molar-refractivity contribution in [2.75, 3.05) is 6.54 Å². The molecule has 35 heavy (non-hydrogen) atoms. The lowest BCUT2D eigenvalue weighted by Crippen LogP contribution is -2.55. The molecule has 1 aliphatic rings. The lowest BCUT2D eigenvalue weighted by molar-refractivity contribution is -0.147. The number of amides is 2. The Balaban J connectivity index is 1.89. The molecule has 0 aliphatic carbocycles. The summed E-state index contributed by atoms with van der Waals surface area (Å²) in [5, 5.41) is 14.5. The lowest BCUT2D eigenvalue weighted by Gasteiger charge is -2.42. The van der Waals surface area contributed by atoms with E-state index in [0.717, 1.165) is 33.6 Å². The molecule has 1 aliphatic heterocycles. The van der Waals surface area contributed by atoms with Crippen LogP contribution in [-0.4, -0.2) is 40.4 Å².